The number of aromatic nitrogens is 1. The summed E-state index contributed by atoms with van der Waals surface area (Å²) in [5.41, 5.74) is 2.09. The van der Waals surface area contributed by atoms with E-state index < -0.39 is 6.10 Å². The molecule has 2 unspecified atom stereocenters. The highest BCUT2D eigenvalue weighted by Crippen LogP contribution is 2.12. The summed E-state index contributed by atoms with van der Waals surface area (Å²) >= 11 is 0. The first-order valence-electron chi connectivity index (χ1n) is 7.67. The maximum atomic E-state index is 12.0. The fourth-order valence-electron chi connectivity index (χ4n) is 2.52. The van der Waals surface area contributed by atoms with Crippen LogP contribution in [-0.2, 0) is 20.8 Å². The second-order valence-electron chi connectivity index (χ2n) is 5.77. The van der Waals surface area contributed by atoms with Crippen LogP contribution in [0.25, 0.3) is 0 Å². The second-order valence-corrected chi connectivity index (χ2v) is 5.77. The molecule has 0 bridgehead atoms. The van der Waals surface area contributed by atoms with Crippen molar-refractivity contribution < 1.29 is 14.3 Å². The molecule has 22 heavy (non-hydrogen) atoms. The van der Waals surface area contributed by atoms with Crippen molar-refractivity contribution in [1.29, 1.82) is 0 Å². The number of carbonyl (C=O) groups excluding carboxylic acids is 1. The smallest absolute Gasteiger partial charge is 0.253 e. The molecule has 0 radical (unpaired) electrons. The van der Waals surface area contributed by atoms with E-state index in [1.165, 1.54) is 0 Å². The number of aromatic amines is 1. The van der Waals surface area contributed by atoms with E-state index in [1.54, 1.807) is 6.92 Å². The molecule has 0 spiro atoms. The lowest BCUT2D eigenvalue weighted by atomic mass is 10.1. The van der Waals surface area contributed by atoms with E-state index in [-0.39, 0.29) is 24.1 Å². The highest BCUT2D eigenvalue weighted by atomic mass is 16.5. The van der Waals surface area contributed by atoms with Gasteiger partial charge in [0.15, 0.2) is 0 Å². The van der Waals surface area contributed by atoms with E-state index in [0.717, 1.165) is 30.7 Å². The number of carbonyl (C=O) groups is 1. The maximum absolute atomic E-state index is 12.0. The summed E-state index contributed by atoms with van der Waals surface area (Å²) in [6, 6.07) is 1.89. The lowest BCUT2D eigenvalue weighted by molar-refractivity contribution is -0.133. The molecule has 6 nitrogen and oxygen atoms in total. The predicted octanol–water partition coefficient (Wildman–Crippen LogP) is 1.19. The van der Waals surface area contributed by atoms with Gasteiger partial charge in [-0.05, 0) is 45.2 Å². The van der Waals surface area contributed by atoms with Gasteiger partial charge >= 0.3 is 0 Å². The molecule has 0 saturated carbocycles. The molecule has 2 rings (SSSR count). The number of hydrogen-bond donors (Lipinski definition) is 2. The van der Waals surface area contributed by atoms with Crippen molar-refractivity contribution >= 4 is 5.91 Å². The molecule has 1 fully saturated rings. The Balaban J connectivity index is 1.83. The highest BCUT2D eigenvalue weighted by molar-refractivity contribution is 5.80. The largest absolute Gasteiger partial charge is 0.376 e. The van der Waals surface area contributed by atoms with Gasteiger partial charge in [-0.3, -0.25) is 9.59 Å². The number of H-pyrrole nitrogens is 1. The van der Waals surface area contributed by atoms with Crippen LogP contribution >= 0.6 is 0 Å². The molecular weight excluding hydrogens is 284 g/mol. The molecule has 0 aliphatic carbocycles. The van der Waals surface area contributed by atoms with Crippen LogP contribution in [0.1, 0.15) is 36.6 Å². The first-order chi connectivity index (χ1) is 10.5. The third kappa shape index (κ3) is 4.42. The molecule has 2 heterocycles. The minimum absolute atomic E-state index is 0.0948. The highest BCUT2D eigenvalue weighted by Gasteiger charge is 2.20. The van der Waals surface area contributed by atoms with E-state index in [4.69, 9.17) is 9.47 Å². The van der Waals surface area contributed by atoms with Crippen LogP contribution in [0, 0.1) is 13.8 Å². The molecule has 6 heteroatoms. The summed E-state index contributed by atoms with van der Waals surface area (Å²) in [5, 5.41) is 2.75. The van der Waals surface area contributed by atoms with Gasteiger partial charge in [0.25, 0.3) is 5.56 Å². The number of hydrogen-bond acceptors (Lipinski definition) is 4. The van der Waals surface area contributed by atoms with Crippen LogP contribution in [0.3, 0.4) is 0 Å². The standard InChI is InChI=1S/C16H24N2O4/c1-10-7-11(2)18-16(20)14(10)8-17-15(19)12(3)22-9-13-5-4-6-21-13/h7,12-13H,4-6,8-9H2,1-3H3,(H,17,19)(H,18,20). The van der Waals surface area contributed by atoms with E-state index in [9.17, 15) is 9.59 Å². The van der Waals surface area contributed by atoms with Crippen molar-refractivity contribution in [3.63, 3.8) is 0 Å². The Bertz CT molecular complexity index is 576. The monoisotopic (exact) mass is 308 g/mol. The molecule has 122 valence electrons. The number of nitrogens with one attached hydrogen (secondary N) is 2. The van der Waals surface area contributed by atoms with Crippen LogP contribution in [0.5, 0.6) is 0 Å². The third-order valence-electron chi connectivity index (χ3n) is 3.86. The minimum atomic E-state index is -0.561. The van der Waals surface area contributed by atoms with Gasteiger partial charge in [0.1, 0.15) is 6.10 Å². The van der Waals surface area contributed by atoms with Crippen molar-refractivity contribution in [2.75, 3.05) is 13.2 Å². The Morgan fingerprint density at radius 1 is 1.55 bits per heavy atom. The second kappa shape index (κ2) is 7.56. The van der Waals surface area contributed by atoms with Gasteiger partial charge in [-0.2, -0.15) is 0 Å². The first-order valence-corrected chi connectivity index (χ1v) is 7.67. The topological polar surface area (TPSA) is 80.4 Å². The van der Waals surface area contributed by atoms with Crippen LogP contribution < -0.4 is 10.9 Å². The van der Waals surface area contributed by atoms with Gasteiger partial charge in [0.2, 0.25) is 5.91 Å². The molecule has 1 aliphatic rings. The van der Waals surface area contributed by atoms with Gasteiger partial charge in [0, 0.05) is 24.4 Å². The quantitative estimate of drug-likeness (QED) is 0.827. The molecule has 1 aromatic rings. The first kappa shape index (κ1) is 16.7. The number of rotatable bonds is 6. The zero-order valence-electron chi connectivity index (χ0n) is 13.4. The summed E-state index contributed by atoms with van der Waals surface area (Å²) in [4.78, 5) is 26.6. The van der Waals surface area contributed by atoms with Gasteiger partial charge in [-0.15, -0.1) is 0 Å². The molecular formula is C16H24N2O4. The van der Waals surface area contributed by atoms with Crippen molar-refractivity contribution in [3.8, 4) is 0 Å². The zero-order chi connectivity index (χ0) is 16.1. The molecule has 0 aromatic carbocycles. The predicted molar refractivity (Wildman–Crippen MR) is 82.8 cm³/mol. The number of aryl methyl sites for hydroxylation is 2. The molecule has 1 aliphatic heterocycles. The van der Waals surface area contributed by atoms with E-state index in [0.29, 0.717) is 12.2 Å². The minimum Gasteiger partial charge on any atom is -0.376 e. The van der Waals surface area contributed by atoms with E-state index >= 15 is 0 Å². The van der Waals surface area contributed by atoms with Gasteiger partial charge in [-0.1, -0.05) is 0 Å². The molecule has 2 N–H and O–H groups in total. The Kier molecular flexibility index (Phi) is 5.74. The Labute approximate surface area is 130 Å². The Hall–Kier alpha value is -1.66. The number of ether oxygens (including phenoxy) is 2. The van der Waals surface area contributed by atoms with Crippen molar-refractivity contribution in [2.24, 2.45) is 0 Å². The molecule has 1 aromatic heterocycles. The normalized spacial score (nSPS) is 19.1. The van der Waals surface area contributed by atoms with Crippen LogP contribution in [0.15, 0.2) is 10.9 Å². The third-order valence-corrected chi connectivity index (χ3v) is 3.86. The summed E-state index contributed by atoms with van der Waals surface area (Å²) in [6.45, 7) is 6.80. The average molecular weight is 308 g/mol. The van der Waals surface area contributed by atoms with E-state index in [2.05, 4.69) is 10.3 Å². The van der Waals surface area contributed by atoms with Gasteiger partial charge in [0.05, 0.1) is 12.7 Å². The Morgan fingerprint density at radius 3 is 2.95 bits per heavy atom. The van der Waals surface area contributed by atoms with Gasteiger partial charge in [-0.25, -0.2) is 0 Å². The van der Waals surface area contributed by atoms with Crippen molar-refractivity contribution in [1.82, 2.24) is 10.3 Å². The SMILES string of the molecule is Cc1cc(C)c(CNC(=O)C(C)OCC2CCCO2)c(=O)[nH]1. The van der Waals surface area contributed by atoms with Crippen molar-refractivity contribution in [3.05, 3.63) is 33.2 Å². The summed E-state index contributed by atoms with van der Waals surface area (Å²) in [6.07, 6.45) is 1.56. The lowest BCUT2D eigenvalue weighted by Gasteiger charge is -2.16. The maximum Gasteiger partial charge on any atom is 0.253 e. The van der Waals surface area contributed by atoms with Crippen LogP contribution in [-0.4, -0.2) is 36.3 Å². The van der Waals surface area contributed by atoms with E-state index in [1.807, 2.05) is 19.9 Å². The number of amides is 1. The van der Waals surface area contributed by atoms with Gasteiger partial charge < -0.3 is 19.8 Å². The fourth-order valence-corrected chi connectivity index (χ4v) is 2.52. The summed E-state index contributed by atoms with van der Waals surface area (Å²) < 4.78 is 11.0. The molecule has 1 amide bonds. The molecule has 2 atom stereocenters. The number of pyridine rings is 1. The fraction of sp³-hybridized carbons (Fsp3) is 0.625. The summed E-state index contributed by atoms with van der Waals surface area (Å²) in [7, 11) is 0. The van der Waals surface area contributed by atoms with Crippen LogP contribution in [0.4, 0.5) is 0 Å². The van der Waals surface area contributed by atoms with Crippen molar-refractivity contribution in [2.45, 2.75) is 52.4 Å². The average Bonchev–Trinajstić information content (AvgIpc) is 2.96. The lowest BCUT2D eigenvalue weighted by Crippen LogP contribution is -2.37. The molecule has 1 saturated heterocycles. The zero-order valence-corrected chi connectivity index (χ0v) is 13.4. The Morgan fingerprint density at radius 2 is 2.32 bits per heavy atom. The van der Waals surface area contributed by atoms with Crippen LogP contribution in [0.2, 0.25) is 0 Å². The summed E-state index contributed by atoms with van der Waals surface area (Å²) in [5.74, 6) is -0.225.